The number of hydrogen-bond donors (Lipinski definition) is 0. The van der Waals surface area contributed by atoms with Crippen LogP contribution in [0.3, 0.4) is 0 Å². The number of nitrogens with zero attached hydrogens (tertiary/aromatic N) is 2. The van der Waals surface area contributed by atoms with Crippen LogP contribution in [0.15, 0.2) is 58.4 Å². The average molecular weight is 381 g/mol. The fraction of sp³-hybridized carbons (Fsp3) is 0.273. The van der Waals surface area contributed by atoms with Crippen LogP contribution in [0.25, 0.3) is 6.08 Å². The lowest BCUT2D eigenvalue weighted by atomic mass is 10.2. The standard InChI is InChI=1S/C22H24N2O2S/c1-15(2)14-26-19-11-7-17(8-12-19)13-20-21(25)24(4)22(27-20)23-18-9-5-16(3)6-10-18/h5-13,15H,14H2,1-4H3/b20-13+,23-22?. The van der Waals surface area contributed by atoms with Gasteiger partial charge in [-0.25, -0.2) is 4.99 Å². The smallest absolute Gasteiger partial charge is 0.266 e. The maximum Gasteiger partial charge on any atom is 0.266 e. The summed E-state index contributed by atoms with van der Waals surface area (Å²) >= 11 is 1.40. The van der Waals surface area contributed by atoms with Crippen molar-refractivity contribution in [3.05, 3.63) is 64.6 Å². The fourth-order valence-electron chi connectivity index (χ4n) is 2.46. The van der Waals surface area contributed by atoms with Crippen molar-refractivity contribution < 1.29 is 9.53 Å². The van der Waals surface area contributed by atoms with E-state index in [1.807, 2.05) is 61.5 Å². The van der Waals surface area contributed by atoms with E-state index in [0.717, 1.165) is 17.0 Å². The van der Waals surface area contributed by atoms with Gasteiger partial charge in [0, 0.05) is 7.05 Å². The van der Waals surface area contributed by atoms with Crippen LogP contribution >= 0.6 is 11.8 Å². The van der Waals surface area contributed by atoms with Crippen LogP contribution in [0.1, 0.15) is 25.0 Å². The number of aryl methyl sites for hydroxylation is 1. The Morgan fingerprint density at radius 1 is 1.11 bits per heavy atom. The van der Waals surface area contributed by atoms with Gasteiger partial charge in [0.25, 0.3) is 5.91 Å². The highest BCUT2D eigenvalue weighted by molar-refractivity contribution is 8.18. The normalized spacial score (nSPS) is 17.4. The topological polar surface area (TPSA) is 41.9 Å². The number of benzene rings is 2. The van der Waals surface area contributed by atoms with Crippen molar-refractivity contribution in [2.75, 3.05) is 13.7 Å². The molecular formula is C22H24N2O2S. The third-order valence-electron chi connectivity index (χ3n) is 4.02. The van der Waals surface area contributed by atoms with Crippen LogP contribution in [0, 0.1) is 12.8 Å². The van der Waals surface area contributed by atoms with Gasteiger partial charge < -0.3 is 4.74 Å². The van der Waals surface area contributed by atoms with Gasteiger partial charge in [0.1, 0.15) is 5.75 Å². The molecule has 1 fully saturated rings. The first kappa shape index (κ1) is 19.2. The number of hydrogen-bond acceptors (Lipinski definition) is 4. The first-order valence-corrected chi connectivity index (χ1v) is 9.80. The summed E-state index contributed by atoms with van der Waals surface area (Å²) in [6.07, 6.45) is 1.90. The summed E-state index contributed by atoms with van der Waals surface area (Å²) in [5.41, 5.74) is 2.99. The maximum atomic E-state index is 12.5. The Balaban J connectivity index is 1.75. The minimum absolute atomic E-state index is 0.0361. The zero-order valence-electron chi connectivity index (χ0n) is 16.1. The van der Waals surface area contributed by atoms with Crippen molar-refractivity contribution >= 4 is 34.6 Å². The van der Waals surface area contributed by atoms with E-state index in [1.165, 1.54) is 17.3 Å². The van der Waals surface area contributed by atoms with E-state index in [2.05, 4.69) is 18.8 Å². The third-order valence-corrected chi connectivity index (χ3v) is 5.08. The number of amides is 1. The predicted octanol–water partition coefficient (Wildman–Crippen LogP) is 5.26. The summed E-state index contributed by atoms with van der Waals surface area (Å²) in [5.74, 6) is 1.29. The Hall–Kier alpha value is -2.53. The molecule has 0 radical (unpaired) electrons. The number of carbonyl (C=O) groups is 1. The van der Waals surface area contributed by atoms with Crippen molar-refractivity contribution in [3.8, 4) is 5.75 Å². The lowest BCUT2D eigenvalue weighted by Crippen LogP contribution is -2.23. The molecule has 0 aliphatic carbocycles. The molecule has 0 unspecified atom stereocenters. The predicted molar refractivity (Wildman–Crippen MR) is 113 cm³/mol. The lowest BCUT2D eigenvalue weighted by molar-refractivity contribution is -0.121. The molecule has 0 N–H and O–H groups in total. The second-order valence-corrected chi connectivity index (χ2v) is 7.99. The van der Waals surface area contributed by atoms with Gasteiger partial charge in [-0.3, -0.25) is 9.69 Å². The van der Waals surface area contributed by atoms with Gasteiger partial charge >= 0.3 is 0 Å². The maximum absolute atomic E-state index is 12.5. The number of ether oxygens (including phenoxy) is 1. The molecule has 0 aromatic heterocycles. The Labute approximate surface area is 164 Å². The van der Waals surface area contributed by atoms with E-state index < -0.39 is 0 Å². The van der Waals surface area contributed by atoms with Crippen LogP contribution < -0.4 is 4.74 Å². The third kappa shape index (κ3) is 5.01. The Kier molecular flexibility index (Phi) is 6.01. The number of rotatable bonds is 5. The van der Waals surface area contributed by atoms with E-state index in [9.17, 15) is 4.79 Å². The summed E-state index contributed by atoms with van der Waals surface area (Å²) in [7, 11) is 1.76. The van der Waals surface area contributed by atoms with E-state index in [-0.39, 0.29) is 5.91 Å². The monoisotopic (exact) mass is 380 g/mol. The zero-order chi connectivity index (χ0) is 19.4. The number of carbonyl (C=O) groups excluding carboxylic acids is 1. The number of likely N-dealkylation sites (N-methyl/N-ethyl adjacent to an activating group) is 1. The van der Waals surface area contributed by atoms with E-state index >= 15 is 0 Å². The molecule has 1 aliphatic heterocycles. The highest BCUT2D eigenvalue weighted by atomic mass is 32.2. The molecule has 3 rings (SSSR count). The summed E-state index contributed by atoms with van der Waals surface area (Å²) in [6.45, 7) is 6.97. The average Bonchev–Trinajstić information content (AvgIpc) is 2.91. The molecule has 1 aliphatic rings. The first-order valence-electron chi connectivity index (χ1n) is 8.98. The van der Waals surface area contributed by atoms with Gasteiger partial charge in [-0.15, -0.1) is 0 Å². The molecule has 5 heteroatoms. The van der Waals surface area contributed by atoms with Gasteiger partial charge in [-0.2, -0.15) is 0 Å². The fourth-order valence-corrected chi connectivity index (χ4v) is 3.44. The Morgan fingerprint density at radius 3 is 2.41 bits per heavy atom. The molecule has 1 heterocycles. The minimum Gasteiger partial charge on any atom is -0.493 e. The summed E-state index contributed by atoms with van der Waals surface area (Å²) < 4.78 is 5.70. The molecular weight excluding hydrogens is 356 g/mol. The number of aliphatic imine (C=N–C) groups is 1. The molecule has 2 aromatic carbocycles. The molecule has 1 amide bonds. The van der Waals surface area contributed by atoms with Gasteiger partial charge in [-0.1, -0.05) is 43.7 Å². The summed E-state index contributed by atoms with van der Waals surface area (Å²) in [4.78, 5) is 19.4. The molecule has 140 valence electrons. The number of amidine groups is 1. The highest BCUT2D eigenvalue weighted by Gasteiger charge is 2.30. The SMILES string of the molecule is Cc1ccc(N=C2S/C(=C/c3ccc(OCC(C)C)cc3)C(=O)N2C)cc1. The lowest BCUT2D eigenvalue weighted by Gasteiger charge is -2.08. The van der Waals surface area contributed by atoms with Gasteiger partial charge in [-0.05, 0) is 60.5 Å². The van der Waals surface area contributed by atoms with Gasteiger partial charge in [0.05, 0.1) is 17.2 Å². The Bertz CT molecular complexity index is 868. The largest absolute Gasteiger partial charge is 0.493 e. The van der Waals surface area contributed by atoms with Crippen LogP contribution in [-0.4, -0.2) is 29.6 Å². The molecule has 0 bridgehead atoms. The minimum atomic E-state index is -0.0361. The Morgan fingerprint density at radius 2 is 1.78 bits per heavy atom. The van der Waals surface area contributed by atoms with Crippen LogP contribution in [0.5, 0.6) is 5.75 Å². The van der Waals surface area contributed by atoms with Gasteiger partial charge in [0.2, 0.25) is 0 Å². The van der Waals surface area contributed by atoms with E-state index in [1.54, 1.807) is 11.9 Å². The molecule has 2 aromatic rings. The van der Waals surface area contributed by atoms with Crippen LogP contribution in [0.2, 0.25) is 0 Å². The molecule has 0 saturated carbocycles. The van der Waals surface area contributed by atoms with E-state index in [0.29, 0.717) is 22.6 Å². The van der Waals surface area contributed by atoms with Crippen LogP contribution in [-0.2, 0) is 4.79 Å². The first-order chi connectivity index (χ1) is 12.9. The number of thioether (sulfide) groups is 1. The summed E-state index contributed by atoms with van der Waals surface area (Å²) in [6, 6.07) is 15.7. The van der Waals surface area contributed by atoms with Crippen molar-refractivity contribution in [3.63, 3.8) is 0 Å². The highest BCUT2D eigenvalue weighted by Crippen LogP contribution is 2.33. The van der Waals surface area contributed by atoms with Crippen molar-refractivity contribution in [1.82, 2.24) is 4.90 Å². The molecule has 1 saturated heterocycles. The summed E-state index contributed by atoms with van der Waals surface area (Å²) in [5, 5.41) is 0.687. The van der Waals surface area contributed by atoms with Crippen molar-refractivity contribution in [2.24, 2.45) is 10.9 Å². The zero-order valence-corrected chi connectivity index (χ0v) is 16.9. The van der Waals surface area contributed by atoms with Gasteiger partial charge in [0.15, 0.2) is 5.17 Å². The van der Waals surface area contributed by atoms with Crippen LogP contribution in [0.4, 0.5) is 5.69 Å². The molecule has 0 spiro atoms. The van der Waals surface area contributed by atoms with Crippen molar-refractivity contribution in [2.45, 2.75) is 20.8 Å². The van der Waals surface area contributed by atoms with E-state index in [4.69, 9.17) is 4.74 Å². The second kappa shape index (κ2) is 8.44. The van der Waals surface area contributed by atoms with Crippen molar-refractivity contribution in [1.29, 1.82) is 0 Å². The molecule has 0 atom stereocenters. The second-order valence-electron chi connectivity index (χ2n) is 6.98. The molecule has 27 heavy (non-hydrogen) atoms. The molecule has 4 nitrogen and oxygen atoms in total. The quantitative estimate of drug-likeness (QED) is 0.664.